The van der Waals surface area contributed by atoms with Crippen LogP contribution in [0.4, 0.5) is 13.2 Å². The van der Waals surface area contributed by atoms with E-state index in [0.717, 1.165) is 38.2 Å². The summed E-state index contributed by atoms with van der Waals surface area (Å²) in [7, 11) is 1.55. The number of alkyl halides is 3. The van der Waals surface area contributed by atoms with E-state index in [2.05, 4.69) is 15.0 Å². The maximum atomic E-state index is 12.6. The average molecular weight is 344 g/mol. The zero-order chi connectivity index (χ0) is 17.2. The van der Waals surface area contributed by atoms with Gasteiger partial charge in [0.1, 0.15) is 11.5 Å². The zero-order valence-corrected chi connectivity index (χ0v) is 13.7. The van der Waals surface area contributed by atoms with Crippen LogP contribution in [0, 0.1) is 5.92 Å². The molecule has 2 aliphatic rings. The standard InChI is InChI=1S/C17H23F3N2O2/c1-23-16-5-4-13(24-17(18,19)20)11-14(16)15(10-12-2-3-12)22-8-6-21-7-9-22/h4-5,11-12,15,21H,2-3,6-10H2,1H3/t15-/m1/s1. The van der Waals surface area contributed by atoms with E-state index in [1.807, 2.05) is 0 Å². The van der Waals surface area contributed by atoms with Crippen LogP contribution in [0.5, 0.6) is 11.5 Å². The van der Waals surface area contributed by atoms with Gasteiger partial charge in [0.25, 0.3) is 0 Å². The minimum atomic E-state index is -4.69. The molecule has 1 aromatic carbocycles. The van der Waals surface area contributed by atoms with E-state index in [9.17, 15) is 13.2 Å². The highest BCUT2D eigenvalue weighted by Crippen LogP contribution is 2.43. The van der Waals surface area contributed by atoms with Crippen molar-refractivity contribution in [2.24, 2.45) is 5.92 Å². The summed E-state index contributed by atoms with van der Waals surface area (Å²) in [4.78, 5) is 2.34. The minimum absolute atomic E-state index is 0.0614. The molecule has 7 heteroatoms. The summed E-state index contributed by atoms with van der Waals surface area (Å²) in [6.07, 6.45) is -1.34. The van der Waals surface area contributed by atoms with Crippen LogP contribution in [-0.2, 0) is 0 Å². The van der Waals surface area contributed by atoms with Crippen LogP contribution >= 0.6 is 0 Å². The number of hydrogen-bond donors (Lipinski definition) is 1. The number of methoxy groups -OCH3 is 1. The molecule has 4 nitrogen and oxygen atoms in total. The molecule has 1 atom stereocenters. The molecule has 1 heterocycles. The summed E-state index contributed by atoms with van der Waals surface area (Å²) in [6, 6.07) is 4.42. The van der Waals surface area contributed by atoms with Crippen LogP contribution in [0.3, 0.4) is 0 Å². The second kappa shape index (κ2) is 7.19. The normalized spacial score (nSPS) is 20.7. The lowest BCUT2D eigenvalue weighted by Crippen LogP contribution is -2.45. The van der Waals surface area contributed by atoms with Gasteiger partial charge in [-0.25, -0.2) is 0 Å². The predicted octanol–water partition coefficient (Wildman–Crippen LogP) is 3.34. The fourth-order valence-corrected chi connectivity index (χ4v) is 3.31. The molecular formula is C17H23F3N2O2. The molecule has 0 amide bonds. The highest BCUT2D eigenvalue weighted by Gasteiger charge is 2.34. The number of rotatable bonds is 6. The fraction of sp³-hybridized carbons (Fsp3) is 0.647. The van der Waals surface area contributed by atoms with Crippen LogP contribution in [0.2, 0.25) is 0 Å². The summed E-state index contributed by atoms with van der Waals surface area (Å²) < 4.78 is 47.2. The molecule has 1 N–H and O–H groups in total. The molecule has 0 bridgehead atoms. The van der Waals surface area contributed by atoms with Crippen LogP contribution < -0.4 is 14.8 Å². The SMILES string of the molecule is COc1ccc(OC(F)(F)F)cc1[C@@H](CC1CC1)N1CCNCC1. The van der Waals surface area contributed by atoms with Gasteiger partial charge in [0.05, 0.1) is 7.11 Å². The fourth-order valence-electron chi connectivity index (χ4n) is 3.31. The number of piperazine rings is 1. The van der Waals surface area contributed by atoms with Crippen molar-refractivity contribution in [2.75, 3.05) is 33.3 Å². The molecule has 3 rings (SSSR count). The van der Waals surface area contributed by atoms with Crippen molar-refractivity contribution in [3.05, 3.63) is 23.8 Å². The highest BCUT2D eigenvalue weighted by atomic mass is 19.4. The van der Waals surface area contributed by atoms with Gasteiger partial charge in [-0.3, -0.25) is 4.90 Å². The van der Waals surface area contributed by atoms with E-state index in [1.54, 1.807) is 13.2 Å². The molecule has 0 aromatic heterocycles. The van der Waals surface area contributed by atoms with Crippen molar-refractivity contribution in [3.63, 3.8) is 0 Å². The number of nitrogens with one attached hydrogen (secondary N) is 1. The van der Waals surface area contributed by atoms with Crippen LogP contribution in [-0.4, -0.2) is 44.6 Å². The molecule has 1 aliphatic heterocycles. The number of halogens is 3. The Morgan fingerprint density at radius 1 is 1.25 bits per heavy atom. The lowest BCUT2D eigenvalue weighted by atomic mass is 9.97. The Morgan fingerprint density at radius 3 is 2.54 bits per heavy atom. The lowest BCUT2D eigenvalue weighted by molar-refractivity contribution is -0.274. The van der Waals surface area contributed by atoms with Gasteiger partial charge in [-0.05, 0) is 30.5 Å². The zero-order valence-electron chi connectivity index (χ0n) is 13.7. The van der Waals surface area contributed by atoms with Gasteiger partial charge >= 0.3 is 6.36 Å². The van der Waals surface area contributed by atoms with Crippen molar-refractivity contribution in [1.82, 2.24) is 10.2 Å². The molecule has 134 valence electrons. The van der Waals surface area contributed by atoms with Crippen molar-refractivity contribution in [3.8, 4) is 11.5 Å². The summed E-state index contributed by atoms with van der Waals surface area (Å²) in [5, 5.41) is 3.31. The van der Waals surface area contributed by atoms with E-state index < -0.39 is 6.36 Å². The van der Waals surface area contributed by atoms with E-state index in [0.29, 0.717) is 11.7 Å². The number of benzene rings is 1. The maximum absolute atomic E-state index is 12.6. The predicted molar refractivity (Wildman–Crippen MR) is 84.2 cm³/mol. The van der Waals surface area contributed by atoms with Crippen molar-refractivity contribution in [2.45, 2.75) is 31.7 Å². The quantitative estimate of drug-likeness (QED) is 0.858. The second-order valence-corrected chi connectivity index (χ2v) is 6.43. The number of nitrogens with zero attached hydrogens (tertiary/aromatic N) is 1. The number of ether oxygens (including phenoxy) is 2. The molecule has 0 radical (unpaired) electrons. The third kappa shape index (κ3) is 4.54. The number of hydrogen-bond acceptors (Lipinski definition) is 4. The summed E-state index contributed by atoms with van der Waals surface area (Å²) >= 11 is 0. The average Bonchev–Trinajstić information content (AvgIpc) is 3.36. The molecule has 1 saturated carbocycles. The molecule has 2 fully saturated rings. The minimum Gasteiger partial charge on any atom is -0.496 e. The first-order valence-corrected chi connectivity index (χ1v) is 8.35. The molecule has 24 heavy (non-hydrogen) atoms. The molecule has 1 aromatic rings. The molecular weight excluding hydrogens is 321 g/mol. The Labute approximate surface area is 139 Å². The van der Waals surface area contributed by atoms with E-state index >= 15 is 0 Å². The molecule has 1 saturated heterocycles. The third-order valence-corrected chi connectivity index (χ3v) is 4.64. The first-order chi connectivity index (χ1) is 11.5. The Kier molecular flexibility index (Phi) is 5.20. The van der Waals surface area contributed by atoms with Crippen molar-refractivity contribution >= 4 is 0 Å². The smallest absolute Gasteiger partial charge is 0.496 e. The van der Waals surface area contributed by atoms with Gasteiger partial charge < -0.3 is 14.8 Å². The summed E-state index contributed by atoms with van der Waals surface area (Å²) in [6.45, 7) is 3.54. The van der Waals surface area contributed by atoms with Gasteiger partial charge in [0.2, 0.25) is 0 Å². The van der Waals surface area contributed by atoms with E-state index in [1.165, 1.54) is 25.0 Å². The highest BCUT2D eigenvalue weighted by molar-refractivity contribution is 5.42. The Hall–Kier alpha value is -1.47. The second-order valence-electron chi connectivity index (χ2n) is 6.43. The van der Waals surface area contributed by atoms with Crippen molar-refractivity contribution in [1.29, 1.82) is 0 Å². The van der Waals surface area contributed by atoms with Crippen molar-refractivity contribution < 1.29 is 22.6 Å². The van der Waals surface area contributed by atoms with E-state index in [-0.39, 0.29) is 11.8 Å². The molecule has 1 aliphatic carbocycles. The third-order valence-electron chi connectivity index (χ3n) is 4.64. The van der Waals surface area contributed by atoms with Gasteiger partial charge in [-0.1, -0.05) is 12.8 Å². The Balaban J connectivity index is 1.89. The van der Waals surface area contributed by atoms with Gasteiger partial charge in [-0.2, -0.15) is 0 Å². The van der Waals surface area contributed by atoms with Gasteiger partial charge in [-0.15, -0.1) is 13.2 Å². The first-order valence-electron chi connectivity index (χ1n) is 8.35. The summed E-state index contributed by atoms with van der Waals surface area (Å²) in [5.74, 6) is 1.09. The topological polar surface area (TPSA) is 33.7 Å². The van der Waals surface area contributed by atoms with Crippen LogP contribution in [0.15, 0.2) is 18.2 Å². The summed E-state index contributed by atoms with van der Waals surface area (Å²) in [5.41, 5.74) is 0.785. The Morgan fingerprint density at radius 2 is 1.96 bits per heavy atom. The lowest BCUT2D eigenvalue weighted by Gasteiger charge is -2.36. The largest absolute Gasteiger partial charge is 0.573 e. The van der Waals surface area contributed by atoms with E-state index in [4.69, 9.17) is 4.74 Å². The molecule has 0 unspecified atom stereocenters. The van der Waals surface area contributed by atoms with Gasteiger partial charge in [0.15, 0.2) is 0 Å². The van der Waals surface area contributed by atoms with Crippen LogP contribution in [0.1, 0.15) is 30.9 Å². The molecule has 0 spiro atoms. The van der Waals surface area contributed by atoms with Gasteiger partial charge in [0, 0.05) is 37.8 Å². The monoisotopic (exact) mass is 344 g/mol. The Bertz CT molecular complexity index is 555. The van der Waals surface area contributed by atoms with Crippen LogP contribution in [0.25, 0.3) is 0 Å². The first kappa shape index (κ1) is 17.4. The maximum Gasteiger partial charge on any atom is 0.573 e.